The molecule has 1 aromatic rings. The summed E-state index contributed by atoms with van der Waals surface area (Å²) < 4.78 is 5.67. The van der Waals surface area contributed by atoms with Crippen molar-refractivity contribution in [2.45, 2.75) is 65.6 Å². The minimum Gasteiger partial charge on any atom is -0.491 e. The van der Waals surface area contributed by atoms with Crippen molar-refractivity contribution in [2.24, 2.45) is 11.3 Å². The zero-order chi connectivity index (χ0) is 15.0. The fourth-order valence-electron chi connectivity index (χ4n) is 3.40. The molecule has 2 rings (SSSR count). The molecule has 2 nitrogen and oxygen atoms in total. The second-order valence-electron chi connectivity index (χ2n) is 7.38. The Balaban J connectivity index is 2.18. The first-order valence-electron chi connectivity index (χ1n) is 7.72. The van der Waals surface area contributed by atoms with Gasteiger partial charge in [-0.05, 0) is 62.1 Å². The van der Waals surface area contributed by atoms with Crippen molar-refractivity contribution in [3.8, 4) is 5.75 Å². The summed E-state index contributed by atoms with van der Waals surface area (Å²) >= 11 is 0. The van der Waals surface area contributed by atoms with E-state index in [0.29, 0.717) is 5.41 Å². The Kier molecular flexibility index (Phi) is 4.15. The van der Waals surface area contributed by atoms with Crippen LogP contribution in [0.2, 0.25) is 0 Å². The summed E-state index contributed by atoms with van der Waals surface area (Å²) in [4.78, 5) is 0. The third kappa shape index (κ3) is 3.17. The highest BCUT2D eigenvalue weighted by Crippen LogP contribution is 2.48. The van der Waals surface area contributed by atoms with Gasteiger partial charge in [-0.15, -0.1) is 0 Å². The molecule has 20 heavy (non-hydrogen) atoms. The van der Waals surface area contributed by atoms with Gasteiger partial charge in [0.05, 0.1) is 11.7 Å². The van der Waals surface area contributed by atoms with Crippen molar-refractivity contribution >= 4 is 0 Å². The normalized spacial score (nSPS) is 29.4. The molecule has 2 atom stereocenters. The van der Waals surface area contributed by atoms with Gasteiger partial charge in [-0.1, -0.05) is 32.9 Å². The average Bonchev–Trinajstić information content (AvgIpc) is 2.34. The Morgan fingerprint density at radius 1 is 1.15 bits per heavy atom. The molecular weight excluding hydrogens is 248 g/mol. The number of hydrogen-bond donors (Lipinski definition) is 1. The van der Waals surface area contributed by atoms with Crippen molar-refractivity contribution < 1.29 is 9.84 Å². The predicted octanol–water partition coefficient (Wildman–Crippen LogP) is 4.51. The fraction of sp³-hybridized carbons (Fsp3) is 0.667. The summed E-state index contributed by atoms with van der Waals surface area (Å²) in [5.74, 6) is 1.15. The molecule has 0 aliphatic heterocycles. The van der Waals surface area contributed by atoms with Crippen LogP contribution in [-0.2, 0) is 5.60 Å². The lowest BCUT2D eigenvalue weighted by Gasteiger charge is -2.45. The van der Waals surface area contributed by atoms with Crippen molar-refractivity contribution in [1.29, 1.82) is 0 Å². The Morgan fingerprint density at radius 2 is 1.75 bits per heavy atom. The van der Waals surface area contributed by atoms with Crippen LogP contribution < -0.4 is 4.74 Å². The lowest BCUT2D eigenvalue weighted by molar-refractivity contribution is -0.0770. The van der Waals surface area contributed by atoms with E-state index in [2.05, 4.69) is 20.8 Å². The van der Waals surface area contributed by atoms with Gasteiger partial charge in [0.1, 0.15) is 5.75 Å². The Morgan fingerprint density at radius 3 is 2.25 bits per heavy atom. The third-order valence-corrected chi connectivity index (χ3v) is 4.58. The van der Waals surface area contributed by atoms with Gasteiger partial charge >= 0.3 is 0 Å². The van der Waals surface area contributed by atoms with Crippen LogP contribution in [0.15, 0.2) is 24.3 Å². The van der Waals surface area contributed by atoms with Gasteiger partial charge in [0, 0.05) is 0 Å². The summed E-state index contributed by atoms with van der Waals surface area (Å²) in [6, 6.07) is 7.98. The van der Waals surface area contributed by atoms with E-state index in [1.165, 1.54) is 0 Å². The molecule has 0 aromatic heterocycles. The molecule has 0 heterocycles. The second-order valence-corrected chi connectivity index (χ2v) is 7.38. The molecular formula is C18H28O2. The van der Waals surface area contributed by atoms with Gasteiger partial charge in [0.25, 0.3) is 0 Å². The van der Waals surface area contributed by atoms with Gasteiger partial charge < -0.3 is 9.84 Å². The van der Waals surface area contributed by atoms with Crippen LogP contribution in [0.5, 0.6) is 5.75 Å². The first-order valence-corrected chi connectivity index (χ1v) is 7.72. The van der Waals surface area contributed by atoms with E-state index in [1.807, 2.05) is 38.1 Å². The Bertz CT molecular complexity index is 447. The summed E-state index contributed by atoms with van der Waals surface area (Å²) in [7, 11) is 0. The average molecular weight is 276 g/mol. The molecule has 2 heteroatoms. The van der Waals surface area contributed by atoms with Crippen molar-refractivity contribution in [3.63, 3.8) is 0 Å². The number of ether oxygens (including phenoxy) is 1. The molecule has 0 spiro atoms. The van der Waals surface area contributed by atoms with Crippen LogP contribution in [0.1, 0.15) is 59.4 Å². The zero-order valence-electron chi connectivity index (χ0n) is 13.4. The van der Waals surface area contributed by atoms with Crippen molar-refractivity contribution in [2.75, 3.05) is 0 Å². The SMILES string of the molecule is CC(C)Oc1ccc(C2(O)CCC(C)(C)CC2C)cc1. The second kappa shape index (κ2) is 5.40. The van der Waals surface area contributed by atoms with Gasteiger partial charge in [0.15, 0.2) is 0 Å². The van der Waals surface area contributed by atoms with E-state index < -0.39 is 5.60 Å². The molecule has 1 fully saturated rings. The van der Waals surface area contributed by atoms with Gasteiger partial charge in [-0.25, -0.2) is 0 Å². The standard InChI is InChI=1S/C18H28O2/c1-13(2)20-16-8-6-15(7-9-16)18(19)11-10-17(4,5)12-14(18)3/h6-9,13-14,19H,10-12H2,1-5H3. The molecule has 112 valence electrons. The highest BCUT2D eigenvalue weighted by atomic mass is 16.5. The maximum absolute atomic E-state index is 11.1. The maximum atomic E-state index is 11.1. The minimum atomic E-state index is -0.689. The van der Waals surface area contributed by atoms with E-state index in [-0.39, 0.29) is 12.0 Å². The van der Waals surface area contributed by atoms with Crippen LogP contribution >= 0.6 is 0 Å². The third-order valence-electron chi connectivity index (χ3n) is 4.58. The smallest absolute Gasteiger partial charge is 0.119 e. The number of hydrogen-bond acceptors (Lipinski definition) is 2. The van der Waals surface area contributed by atoms with Crippen LogP contribution in [0.4, 0.5) is 0 Å². The van der Waals surface area contributed by atoms with Crippen molar-refractivity contribution in [1.82, 2.24) is 0 Å². The summed E-state index contributed by atoms with van der Waals surface area (Å²) in [5.41, 5.74) is 0.676. The van der Waals surface area contributed by atoms with E-state index in [0.717, 1.165) is 30.6 Å². The lowest BCUT2D eigenvalue weighted by atomic mass is 9.63. The molecule has 0 radical (unpaired) electrons. The highest BCUT2D eigenvalue weighted by molar-refractivity contribution is 5.32. The zero-order valence-corrected chi connectivity index (χ0v) is 13.4. The predicted molar refractivity (Wildman–Crippen MR) is 82.9 cm³/mol. The Hall–Kier alpha value is -1.02. The molecule has 1 N–H and O–H groups in total. The van der Waals surface area contributed by atoms with Crippen LogP contribution in [0.3, 0.4) is 0 Å². The number of aliphatic hydroxyl groups is 1. The molecule has 0 amide bonds. The monoisotopic (exact) mass is 276 g/mol. The van der Waals surface area contributed by atoms with Gasteiger partial charge in [0.2, 0.25) is 0 Å². The molecule has 1 saturated carbocycles. The Labute approximate surface area is 123 Å². The molecule has 1 aliphatic carbocycles. The summed E-state index contributed by atoms with van der Waals surface area (Å²) in [6.07, 6.45) is 3.15. The molecule has 1 aliphatic rings. The van der Waals surface area contributed by atoms with E-state index in [9.17, 15) is 5.11 Å². The highest BCUT2D eigenvalue weighted by Gasteiger charge is 2.43. The molecule has 2 unspecified atom stereocenters. The fourth-order valence-corrected chi connectivity index (χ4v) is 3.40. The largest absolute Gasteiger partial charge is 0.491 e. The number of rotatable bonds is 3. The maximum Gasteiger partial charge on any atom is 0.119 e. The van der Waals surface area contributed by atoms with Gasteiger partial charge in [-0.3, -0.25) is 0 Å². The molecule has 0 saturated heterocycles. The van der Waals surface area contributed by atoms with E-state index >= 15 is 0 Å². The summed E-state index contributed by atoms with van der Waals surface area (Å²) in [6.45, 7) is 10.8. The molecule has 1 aromatic carbocycles. The summed E-state index contributed by atoms with van der Waals surface area (Å²) in [5, 5.41) is 11.1. The first kappa shape index (κ1) is 15.4. The van der Waals surface area contributed by atoms with E-state index in [4.69, 9.17) is 4.74 Å². The van der Waals surface area contributed by atoms with Crippen molar-refractivity contribution in [3.05, 3.63) is 29.8 Å². The van der Waals surface area contributed by atoms with E-state index in [1.54, 1.807) is 0 Å². The number of benzene rings is 1. The van der Waals surface area contributed by atoms with Crippen LogP contribution in [-0.4, -0.2) is 11.2 Å². The van der Waals surface area contributed by atoms with Gasteiger partial charge in [-0.2, -0.15) is 0 Å². The molecule has 0 bridgehead atoms. The quantitative estimate of drug-likeness (QED) is 0.880. The minimum absolute atomic E-state index is 0.179. The topological polar surface area (TPSA) is 29.5 Å². The first-order chi connectivity index (χ1) is 9.23. The lowest BCUT2D eigenvalue weighted by Crippen LogP contribution is -2.41. The van der Waals surface area contributed by atoms with Crippen LogP contribution in [0.25, 0.3) is 0 Å². The van der Waals surface area contributed by atoms with Crippen LogP contribution in [0, 0.1) is 11.3 Å².